The van der Waals surface area contributed by atoms with Gasteiger partial charge in [0.25, 0.3) is 0 Å². The maximum atomic E-state index is 2.47. The lowest BCUT2D eigenvalue weighted by Crippen LogP contribution is -2.39. The summed E-state index contributed by atoms with van der Waals surface area (Å²) in [4.78, 5) is 2.47. The normalized spacial score (nSPS) is 27.8. The summed E-state index contributed by atoms with van der Waals surface area (Å²) in [7, 11) is 2.23. The van der Waals surface area contributed by atoms with Crippen LogP contribution in [-0.4, -0.2) is 24.5 Å². The van der Waals surface area contributed by atoms with Crippen LogP contribution in [0.3, 0.4) is 0 Å². The molecule has 2 heteroatoms. The highest BCUT2D eigenvalue weighted by atomic mass is 32.1. The number of thiophene rings is 1. The molecular formula is C13H19NS. The van der Waals surface area contributed by atoms with Gasteiger partial charge in [0.05, 0.1) is 0 Å². The van der Waals surface area contributed by atoms with Crippen molar-refractivity contribution >= 4 is 11.3 Å². The zero-order chi connectivity index (χ0) is 10.8. The van der Waals surface area contributed by atoms with Crippen LogP contribution in [0.2, 0.25) is 0 Å². The minimum atomic E-state index is 0.593. The average molecular weight is 221 g/mol. The molecule has 1 aliphatic rings. The molecule has 0 aliphatic carbocycles. The molecule has 0 fully saturated rings. The molecule has 0 saturated heterocycles. The summed E-state index contributed by atoms with van der Waals surface area (Å²) in [5.41, 5.74) is 3.02. The van der Waals surface area contributed by atoms with Gasteiger partial charge < -0.3 is 0 Å². The Morgan fingerprint density at radius 2 is 2.33 bits per heavy atom. The van der Waals surface area contributed by atoms with Crippen LogP contribution in [0, 0.1) is 5.92 Å². The van der Waals surface area contributed by atoms with Crippen molar-refractivity contribution in [3.05, 3.63) is 34.0 Å². The lowest BCUT2D eigenvalue weighted by molar-refractivity contribution is 0.236. The fourth-order valence-corrected chi connectivity index (χ4v) is 2.85. The second-order valence-electron chi connectivity index (χ2n) is 4.65. The Morgan fingerprint density at radius 3 is 3.00 bits per heavy atom. The molecule has 1 aliphatic heterocycles. The van der Waals surface area contributed by atoms with E-state index in [1.807, 2.05) is 0 Å². The summed E-state index contributed by atoms with van der Waals surface area (Å²) >= 11 is 1.79. The van der Waals surface area contributed by atoms with E-state index >= 15 is 0 Å². The second-order valence-corrected chi connectivity index (χ2v) is 5.43. The number of nitrogens with zero attached hydrogens (tertiary/aromatic N) is 1. The molecule has 1 aromatic rings. The molecule has 0 amide bonds. The van der Waals surface area contributed by atoms with Crippen molar-refractivity contribution in [2.75, 3.05) is 13.6 Å². The smallest absolute Gasteiger partial charge is 0.0318 e. The monoisotopic (exact) mass is 221 g/mol. The van der Waals surface area contributed by atoms with Crippen molar-refractivity contribution in [3.63, 3.8) is 0 Å². The fourth-order valence-electron chi connectivity index (χ4n) is 2.17. The molecule has 2 atom stereocenters. The maximum absolute atomic E-state index is 2.47. The van der Waals surface area contributed by atoms with E-state index < -0.39 is 0 Å². The fraction of sp³-hybridized carbons (Fsp3) is 0.538. The largest absolute Gasteiger partial charge is 0.299 e. The van der Waals surface area contributed by atoms with E-state index in [0.29, 0.717) is 12.0 Å². The molecule has 15 heavy (non-hydrogen) atoms. The van der Waals surface area contributed by atoms with Gasteiger partial charge in [-0.05, 0) is 48.7 Å². The van der Waals surface area contributed by atoms with Gasteiger partial charge in [-0.2, -0.15) is 11.3 Å². The number of likely N-dealkylation sites (N-methyl/N-ethyl adjacent to an activating group) is 1. The third-order valence-corrected chi connectivity index (χ3v) is 4.12. The Bertz CT molecular complexity index is 339. The standard InChI is InChI=1S/C13H19NS/c1-10-6-13(14(3)8-11(10)2)7-12-4-5-15-9-12/h4-6,9,11,13H,7-8H2,1-3H3. The first-order valence-corrected chi connectivity index (χ1v) is 6.50. The van der Waals surface area contributed by atoms with Gasteiger partial charge in [0.15, 0.2) is 0 Å². The van der Waals surface area contributed by atoms with Gasteiger partial charge in [-0.25, -0.2) is 0 Å². The molecule has 1 nitrogen and oxygen atoms in total. The molecule has 2 unspecified atom stereocenters. The summed E-state index contributed by atoms with van der Waals surface area (Å²) in [6, 6.07) is 2.83. The Hall–Kier alpha value is -0.600. The van der Waals surface area contributed by atoms with Crippen molar-refractivity contribution in [1.82, 2.24) is 4.90 Å². The van der Waals surface area contributed by atoms with Crippen LogP contribution in [0.1, 0.15) is 19.4 Å². The zero-order valence-corrected chi connectivity index (χ0v) is 10.6. The van der Waals surface area contributed by atoms with E-state index in [-0.39, 0.29) is 0 Å². The van der Waals surface area contributed by atoms with Gasteiger partial charge in [-0.15, -0.1) is 0 Å². The Morgan fingerprint density at radius 1 is 1.53 bits per heavy atom. The maximum Gasteiger partial charge on any atom is 0.0318 e. The van der Waals surface area contributed by atoms with Crippen LogP contribution in [0.5, 0.6) is 0 Å². The average Bonchev–Trinajstić information content (AvgIpc) is 2.67. The van der Waals surface area contributed by atoms with Gasteiger partial charge in [0, 0.05) is 12.6 Å². The first-order valence-electron chi connectivity index (χ1n) is 5.56. The van der Waals surface area contributed by atoms with Gasteiger partial charge >= 0.3 is 0 Å². The van der Waals surface area contributed by atoms with Crippen molar-refractivity contribution in [2.24, 2.45) is 5.92 Å². The molecule has 0 radical (unpaired) electrons. The van der Waals surface area contributed by atoms with Crippen LogP contribution in [0.25, 0.3) is 0 Å². The molecule has 0 spiro atoms. The highest BCUT2D eigenvalue weighted by Gasteiger charge is 2.21. The van der Waals surface area contributed by atoms with Crippen LogP contribution in [0.4, 0.5) is 0 Å². The highest BCUT2D eigenvalue weighted by Crippen LogP contribution is 2.22. The Balaban J connectivity index is 2.09. The van der Waals surface area contributed by atoms with E-state index in [4.69, 9.17) is 0 Å². The van der Waals surface area contributed by atoms with Crippen molar-refractivity contribution in [3.8, 4) is 0 Å². The van der Waals surface area contributed by atoms with E-state index in [1.165, 1.54) is 12.1 Å². The Kier molecular flexibility index (Phi) is 3.27. The highest BCUT2D eigenvalue weighted by molar-refractivity contribution is 7.07. The molecule has 82 valence electrons. The van der Waals surface area contributed by atoms with Gasteiger partial charge in [0.2, 0.25) is 0 Å². The topological polar surface area (TPSA) is 3.24 Å². The summed E-state index contributed by atoms with van der Waals surface area (Å²) in [6.07, 6.45) is 3.59. The Labute approximate surface area is 96.4 Å². The predicted molar refractivity (Wildman–Crippen MR) is 67.4 cm³/mol. The van der Waals surface area contributed by atoms with E-state index in [9.17, 15) is 0 Å². The van der Waals surface area contributed by atoms with Gasteiger partial charge in [-0.1, -0.05) is 18.6 Å². The number of hydrogen-bond donors (Lipinski definition) is 0. The van der Waals surface area contributed by atoms with Crippen molar-refractivity contribution in [2.45, 2.75) is 26.3 Å². The van der Waals surface area contributed by atoms with Crippen LogP contribution >= 0.6 is 11.3 Å². The van der Waals surface area contributed by atoms with Gasteiger partial charge in [-0.3, -0.25) is 4.90 Å². The molecule has 0 bridgehead atoms. The third-order valence-electron chi connectivity index (χ3n) is 3.39. The third kappa shape index (κ3) is 2.50. The number of rotatable bonds is 2. The molecule has 2 heterocycles. The first-order chi connectivity index (χ1) is 7.16. The molecular weight excluding hydrogens is 202 g/mol. The summed E-state index contributed by atoms with van der Waals surface area (Å²) in [5, 5.41) is 4.42. The summed E-state index contributed by atoms with van der Waals surface area (Å²) < 4.78 is 0. The molecule has 0 N–H and O–H groups in total. The second kappa shape index (κ2) is 4.50. The lowest BCUT2D eigenvalue weighted by Gasteiger charge is -2.34. The minimum absolute atomic E-state index is 0.593. The first kappa shape index (κ1) is 10.9. The molecule has 1 aromatic heterocycles. The summed E-state index contributed by atoms with van der Waals surface area (Å²) in [5.74, 6) is 0.716. The van der Waals surface area contributed by atoms with Crippen molar-refractivity contribution in [1.29, 1.82) is 0 Å². The molecule has 0 aromatic carbocycles. The SMILES string of the molecule is CC1=CC(Cc2ccsc2)N(C)CC1C. The molecule has 0 saturated carbocycles. The summed E-state index contributed by atoms with van der Waals surface area (Å²) in [6.45, 7) is 5.76. The molecule has 2 rings (SSSR count). The van der Waals surface area contributed by atoms with Crippen LogP contribution in [0.15, 0.2) is 28.5 Å². The van der Waals surface area contributed by atoms with Gasteiger partial charge in [0.1, 0.15) is 0 Å². The van der Waals surface area contributed by atoms with Crippen molar-refractivity contribution < 1.29 is 0 Å². The van der Waals surface area contributed by atoms with E-state index in [0.717, 1.165) is 6.42 Å². The van der Waals surface area contributed by atoms with E-state index in [1.54, 1.807) is 16.9 Å². The zero-order valence-electron chi connectivity index (χ0n) is 9.73. The quantitative estimate of drug-likeness (QED) is 0.693. The minimum Gasteiger partial charge on any atom is -0.299 e. The van der Waals surface area contributed by atoms with E-state index in [2.05, 4.69) is 48.7 Å². The number of hydrogen-bond acceptors (Lipinski definition) is 2. The van der Waals surface area contributed by atoms with Crippen LogP contribution < -0.4 is 0 Å². The predicted octanol–water partition coefficient (Wildman–Crippen LogP) is 3.19. The lowest BCUT2D eigenvalue weighted by atomic mass is 9.92. The van der Waals surface area contributed by atoms with Crippen LogP contribution in [-0.2, 0) is 6.42 Å².